The van der Waals surface area contributed by atoms with Crippen molar-refractivity contribution in [1.29, 1.82) is 0 Å². The van der Waals surface area contributed by atoms with Gasteiger partial charge in [-0.15, -0.1) is 0 Å². The summed E-state index contributed by atoms with van der Waals surface area (Å²) in [7, 11) is 0. The summed E-state index contributed by atoms with van der Waals surface area (Å²) in [5.41, 5.74) is 1.30. The van der Waals surface area contributed by atoms with Crippen LogP contribution in [0.2, 0.25) is 0 Å². The van der Waals surface area contributed by atoms with Crippen LogP contribution in [0.1, 0.15) is 52.1 Å². The maximum atomic E-state index is 5.69. The maximum Gasteiger partial charge on any atom is 0.194 e. The number of rotatable bonds is 6. The van der Waals surface area contributed by atoms with Gasteiger partial charge in [-0.05, 0) is 46.1 Å². The van der Waals surface area contributed by atoms with Gasteiger partial charge in [0.05, 0.1) is 6.54 Å². The molecule has 3 rings (SSSR count). The molecule has 1 aromatic rings. The van der Waals surface area contributed by atoms with Crippen molar-refractivity contribution in [2.24, 2.45) is 4.99 Å². The van der Waals surface area contributed by atoms with Gasteiger partial charge in [-0.3, -0.25) is 4.99 Å². The van der Waals surface area contributed by atoms with Crippen molar-refractivity contribution in [2.75, 3.05) is 45.1 Å². The smallest absolute Gasteiger partial charge is 0.194 e. The summed E-state index contributed by atoms with van der Waals surface area (Å²) < 4.78 is 5.96. The number of benzene rings is 1. The predicted molar refractivity (Wildman–Crippen MR) is 125 cm³/mol. The first-order chi connectivity index (χ1) is 13.9. The first-order valence-electron chi connectivity index (χ1n) is 11.0. The van der Waals surface area contributed by atoms with Crippen LogP contribution in [-0.2, 0) is 4.74 Å². The van der Waals surface area contributed by atoms with E-state index in [0.717, 1.165) is 63.9 Å². The van der Waals surface area contributed by atoms with Crippen molar-refractivity contribution in [3.05, 3.63) is 35.9 Å². The molecule has 2 fully saturated rings. The summed E-state index contributed by atoms with van der Waals surface area (Å²) in [6.45, 7) is 14.4. The highest BCUT2D eigenvalue weighted by atomic mass is 32.2. The Morgan fingerprint density at radius 3 is 2.62 bits per heavy atom. The molecule has 1 unspecified atom stereocenters. The van der Waals surface area contributed by atoms with E-state index >= 15 is 0 Å². The van der Waals surface area contributed by atoms with Crippen LogP contribution in [0.4, 0.5) is 0 Å². The average molecular weight is 419 g/mol. The number of nitrogens with zero attached hydrogens (tertiary/aromatic N) is 2. The lowest BCUT2D eigenvalue weighted by atomic mass is 9.88. The molecule has 1 aromatic carbocycles. The second-order valence-electron chi connectivity index (χ2n) is 8.87. The minimum absolute atomic E-state index is 0.0196. The number of hydrogen-bond acceptors (Lipinski definition) is 4. The largest absolute Gasteiger partial charge is 0.381 e. The monoisotopic (exact) mass is 418 g/mol. The van der Waals surface area contributed by atoms with Crippen molar-refractivity contribution in [2.45, 2.75) is 56.9 Å². The van der Waals surface area contributed by atoms with Crippen molar-refractivity contribution >= 4 is 17.7 Å². The summed E-state index contributed by atoms with van der Waals surface area (Å²) in [5, 5.41) is 7.47. The quantitative estimate of drug-likeness (QED) is 0.545. The molecule has 2 aliphatic rings. The zero-order valence-corrected chi connectivity index (χ0v) is 19.4. The summed E-state index contributed by atoms with van der Waals surface area (Å²) in [6, 6.07) is 11.0. The van der Waals surface area contributed by atoms with E-state index in [4.69, 9.17) is 9.73 Å². The number of guanidine groups is 1. The van der Waals surface area contributed by atoms with E-state index in [1.807, 2.05) is 0 Å². The van der Waals surface area contributed by atoms with Crippen LogP contribution in [0.15, 0.2) is 35.3 Å². The second-order valence-corrected chi connectivity index (χ2v) is 10.7. The van der Waals surface area contributed by atoms with Crippen molar-refractivity contribution < 1.29 is 4.74 Å². The summed E-state index contributed by atoms with van der Waals surface area (Å²) in [5.74, 6) is 2.21. The van der Waals surface area contributed by atoms with E-state index in [2.05, 4.69) is 85.3 Å². The van der Waals surface area contributed by atoms with E-state index in [0.29, 0.717) is 0 Å². The molecular formula is C23H38N4OS. The molecule has 5 nitrogen and oxygen atoms in total. The highest BCUT2D eigenvalue weighted by molar-refractivity contribution is 8.00. The fourth-order valence-corrected chi connectivity index (χ4v) is 5.36. The molecular weight excluding hydrogens is 380 g/mol. The van der Waals surface area contributed by atoms with Crippen LogP contribution in [-0.4, -0.2) is 66.3 Å². The van der Waals surface area contributed by atoms with E-state index in [9.17, 15) is 0 Å². The Morgan fingerprint density at radius 1 is 1.24 bits per heavy atom. The van der Waals surface area contributed by atoms with Gasteiger partial charge in [-0.2, -0.15) is 11.8 Å². The van der Waals surface area contributed by atoms with Crippen LogP contribution < -0.4 is 10.6 Å². The number of ether oxygens (including phenoxy) is 1. The molecule has 2 aliphatic heterocycles. The third kappa shape index (κ3) is 6.37. The Morgan fingerprint density at radius 2 is 1.97 bits per heavy atom. The Labute approximate surface area is 181 Å². The summed E-state index contributed by atoms with van der Waals surface area (Å²) in [6.07, 6.45) is 1.99. The SMILES string of the molecule is CCNC(=NCC1(NC(C)c2ccccc2)CCOCC1)N1CCSC(C)(C)C1. The van der Waals surface area contributed by atoms with E-state index in [1.165, 1.54) is 5.56 Å². The van der Waals surface area contributed by atoms with Crippen molar-refractivity contribution in [3.63, 3.8) is 0 Å². The topological polar surface area (TPSA) is 48.9 Å². The number of nitrogens with one attached hydrogen (secondary N) is 2. The van der Waals surface area contributed by atoms with Crippen molar-refractivity contribution in [3.8, 4) is 0 Å². The molecule has 0 radical (unpaired) electrons. The van der Waals surface area contributed by atoms with Gasteiger partial charge in [0, 0.05) is 54.9 Å². The zero-order valence-electron chi connectivity index (χ0n) is 18.5. The van der Waals surface area contributed by atoms with Gasteiger partial charge >= 0.3 is 0 Å². The lowest BCUT2D eigenvalue weighted by Gasteiger charge is -2.41. The fraction of sp³-hybridized carbons (Fsp3) is 0.696. The molecule has 0 spiro atoms. The standard InChI is InChI=1S/C23H38N4OS/c1-5-24-21(27-13-16-29-22(3,4)18-27)25-17-23(11-14-28-15-12-23)26-19(2)20-9-7-6-8-10-20/h6-10,19,26H,5,11-18H2,1-4H3,(H,24,25). The molecule has 0 bridgehead atoms. The van der Waals surface area contributed by atoms with E-state index in [1.54, 1.807) is 0 Å². The lowest BCUT2D eigenvalue weighted by molar-refractivity contribution is 0.0373. The number of hydrogen-bond donors (Lipinski definition) is 2. The normalized spacial score (nSPS) is 22.9. The van der Waals surface area contributed by atoms with Crippen LogP contribution in [0.3, 0.4) is 0 Å². The molecule has 162 valence electrons. The molecule has 0 amide bonds. The Bertz CT molecular complexity index is 658. The molecule has 2 heterocycles. The zero-order chi connectivity index (χ0) is 20.7. The second kappa shape index (κ2) is 10.2. The van der Waals surface area contributed by atoms with Gasteiger partial charge < -0.3 is 20.3 Å². The molecule has 1 atom stereocenters. The Balaban J connectivity index is 1.75. The lowest BCUT2D eigenvalue weighted by Crippen LogP contribution is -2.54. The molecule has 0 saturated carbocycles. The summed E-state index contributed by atoms with van der Waals surface area (Å²) >= 11 is 2.06. The van der Waals surface area contributed by atoms with Gasteiger partial charge in [-0.1, -0.05) is 30.3 Å². The van der Waals surface area contributed by atoms with Crippen LogP contribution >= 0.6 is 11.8 Å². The van der Waals surface area contributed by atoms with Gasteiger partial charge in [0.1, 0.15) is 0 Å². The van der Waals surface area contributed by atoms with Crippen molar-refractivity contribution in [1.82, 2.24) is 15.5 Å². The third-order valence-electron chi connectivity index (χ3n) is 5.86. The first-order valence-corrected chi connectivity index (χ1v) is 12.0. The van der Waals surface area contributed by atoms with Crippen LogP contribution in [0.5, 0.6) is 0 Å². The van der Waals surface area contributed by atoms with Crippen LogP contribution in [0, 0.1) is 0 Å². The molecule has 6 heteroatoms. The van der Waals surface area contributed by atoms with Crippen LogP contribution in [0.25, 0.3) is 0 Å². The van der Waals surface area contributed by atoms with E-state index < -0.39 is 0 Å². The summed E-state index contributed by atoms with van der Waals surface area (Å²) in [4.78, 5) is 7.59. The number of thioether (sulfide) groups is 1. The molecule has 0 aromatic heterocycles. The minimum Gasteiger partial charge on any atom is -0.381 e. The Kier molecular flexibility index (Phi) is 7.88. The molecule has 2 saturated heterocycles. The first kappa shape index (κ1) is 22.4. The number of aliphatic imine (C=N–C) groups is 1. The fourth-order valence-electron chi connectivity index (χ4n) is 4.24. The minimum atomic E-state index is -0.0196. The average Bonchev–Trinajstić information content (AvgIpc) is 2.72. The predicted octanol–water partition coefficient (Wildman–Crippen LogP) is 3.68. The van der Waals surface area contributed by atoms with Gasteiger partial charge in [0.15, 0.2) is 5.96 Å². The third-order valence-corrected chi connectivity index (χ3v) is 7.16. The molecule has 29 heavy (non-hydrogen) atoms. The molecule has 2 N–H and O–H groups in total. The van der Waals surface area contributed by atoms with Gasteiger partial charge in [0.25, 0.3) is 0 Å². The molecule has 0 aliphatic carbocycles. The Hall–Kier alpha value is -1.24. The van der Waals surface area contributed by atoms with Gasteiger partial charge in [-0.25, -0.2) is 0 Å². The van der Waals surface area contributed by atoms with E-state index in [-0.39, 0.29) is 16.3 Å². The highest BCUT2D eigenvalue weighted by Crippen LogP contribution is 2.30. The highest BCUT2D eigenvalue weighted by Gasteiger charge is 2.35. The maximum absolute atomic E-state index is 5.69. The van der Waals surface area contributed by atoms with Gasteiger partial charge in [0.2, 0.25) is 0 Å².